The number of carbonyl (C=O) groups is 2. The highest BCUT2D eigenvalue weighted by molar-refractivity contribution is 6.21. The molecule has 1 aromatic carbocycles. The van der Waals surface area contributed by atoms with Gasteiger partial charge in [-0.15, -0.1) is 0 Å². The van der Waals surface area contributed by atoms with Gasteiger partial charge in [-0.05, 0) is 44.4 Å². The Kier molecular flexibility index (Phi) is 3.57. The van der Waals surface area contributed by atoms with Crippen LogP contribution in [0.3, 0.4) is 0 Å². The van der Waals surface area contributed by atoms with Gasteiger partial charge in [-0.3, -0.25) is 14.5 Å². The third-order valence-corrected chi connectivity index (χ3v) is 4.38. The summed E-state index contributed by atoms with van der Waals surface area (Å²) in [6.07, 6.45) is 3.88. The van der Waals surface area contributed by atoms with Crippen molar-refractivity contribution in [3.63, 3.8) is 0 Å². The van der Waals surface area contributed by atoms with Crippen molar-refractivity contribution < 1.29 is 9.59 Å². The summed E-state index contributed by atoms with van der Waals surface area (Å²) in [4.78, 5) is 26.3. The van der Waals surface area contributed by atoms with Crippen LogP contribution >= 0.6 is 0 Å². The predicted octanol–water partition coefficient (Wildman–Crippen LogP) is 2.20. The fourth-order valence-corrected chi connectivity index (χ4v) is 3.37. The summed E-state index contributed by atoms with van der Waals surface area (Å²) in [5.74, 6) is -0.227. The van der Waals surface area contributed by atoms with Crippen LogP contribution in [0, 0.1) is 0 Å². The quantitative estimate of drug-likeness (QED) is 0.858. The molecule has 0 unspecified atom stereocenters. The highest BCUT2D eigenvalue weighted by Gasteiger charge is 2.40. The van der Waals surface area contributed by atoms with Gasteiger partial charge in [-0.2, -0.15) is 0 Å². The SMILES string of the molecule is CCNC1CCC(N2C(=O)c3ccccc3C2=O)CC1. The van der Waals surface area contributed by atoms with Gasteiger partial charge in [0.1, 0.15) is 0 Å². The van der Waals surface area contributed by atoms with Gasteiger partial charge in [0.15, 0.2) is 0 Å². The van der Waals surface area contributed by atoms with E-state index < -0.39 is 0 Å². The number of carbonyl (C=O) groups excluding carboxylic acids is 2. The molecule has 2 amide bonds. The number of imide groups is 1. The standard InChI is InChI=1S/C16H20N2O2/c1-2-17-11-7-9-12(10-8-11)18-15(19)13-5-3-4-6-14(13)16(18)20/h3-6,11-12,17H,2,7-10H2,1H3. The van der Waals surface area contributed by atoms with E-state index in [0.717, 1.165) is 32.2 Å². The Balaban J connectivity index is 1.74. The Bertz CT molecular complexity index is 498. The van der Waals surface area contributed by atoms with Crippen LogP contribution in [-0.4, -0.2) is 35.3 Å². The Morgan fingerprint density at radius 3 is 2.10 bits per heavy atom. The molecule has 20 heavy (non-hydrogen) atoms. The van der Waals surface area contributed by atoms with Crippen molar-refractivity contribution in [2.24, 2.45) is 0 Å². The zero-order valence-corrected chi connectivity index (χ0v) is 11.8. The zero-order chi connectivity index (χ0) is 14.1. The summed E-state index contributed by atoms with van der Waals surface area (Å²) >= 11 is 0. The van der Waals surface area contributed by atoms with E-state index in [4.69, 9.17) is 0 Å². The van der Waals surface area contributed by atoms with E-state index in [0.29, 0.717) is 17.2 Å². The molecule has 1 fully saturated rings. The van der Waals surface area contributed by atoms with E-state index in [1.165, 1.54) is 4.90 Å². The van der Waals surface area contributed by atoms with Gasteiger partial charge in [0.25, 0.3) is 11.8 Å². The monoisotopic (exact) mass is 272 g/mol. The van der Waals surface area contributed by atoms with E-state index >= 15 is 0 Å². The first-order valence-corrected chi connectivity index (χ1v) is 7.42. The molecule has 106 valence electrons. The first-order valence-electron chi connectivity index (χ1n) is 7.42. The van der Waals surface area contributed by atoms with E-state index in [9.17, 15) is 9.59 Å². The van der Waals surface area contributed by atoms with Gasteiger partial charge in [-0.1, -0.05) is 19.1 Å². The topological polar surface area (TPSA) is 49.4 Å². The van der Waals surface area contributed by atoms with Crippen LogP contribution < -0.4 is 5.32 Å². The van der Waals surface area contributed by atoms with E-state index in [1.807, 2.05) is 12.1 Å². The van der Waals surface area contributed by atoms with Gasteiger partial charge in [-0.25, -0.2) is 0 Å². The van der Waals surface area contributed by atoms with Gasteiger partial charge >= 0.3 is 0 Å². The predicted molar refractivity (Wildman–Crippen MR) is 76.7 cm³/mol. The Hall–Kier alpha value is -1.68. The maximum absolute atomic E-state index is 12.4. The highest BCUT2D eigenvalue weighted by atomic mass is 16.2. The van der Waals surface area contributed by atoms with Crippen molar-refractivity contribution in [3.8, 4) is 0 Å². The molecule has 4 heteroatoms. The van der Waals surface area contributed by atoms with Crippen molar-refractivity contribution in [2.45, 2.75) is 44.7 Å². The van der Waals surface area contributed by atoms with Crippen LogP contribution in [0.1, 0.15) is 53.3 Å². The summed E-state index contributed by atoms with van der Waals surface area (Å²) in [6.45, 7) is 3.08. The van der Waals surface area contributed by atoms with Crippen LogP contribution in [0.25, 0.3) is 0 Å². The maximum atomic E-state index is 12.4. The van der Waals surface area contributed by atoms with Crippen LogP contribution in [0.5, 0.6) is 0 Å². The van der Waals surface area contributed by atoms with Gasteiger partial charge in [0, 0.05) is 12.1 Å². The summed E-state index contributed by atoms with van der Waals surface area (Å²) < 4.78 is 0. The molecule has 0 radical (unpaired) electrons. The lowest BCUT2D eigenvalue weighted by Crippen LogP contribution is -2.45. The lowest BCUT2D eigenvalue weighted by atomic mass is 9.90. The molecule has 1 heterocycles. The molecule has 1 aromatic rings. The molecule has 0 aromatic heterocycles. The number of nitrogens with zero attached hydrogens (tertiary/aromatic N) is 1. The highest BCUT2D eigenvalue weighted by Crippen LogP contribution is 2.30. The smallest absolute Gasteiger partial charge is 0.261 e. The molecule has 0 atom stereocenters. The minimum Gasteiger partial charge on any atom is -0.314 e. The average molecular weight is 272 g/mol. The number of amides is 2. The molecule has 2 aliphatic rings. The number of benzene rings is 1. The van der Waals surface area contributed by atoms with Gasteiger partial charge < -0.3 is 5.32 Å². The van der Waals surface area contributed by atoms with Crippen LogP contribution in [0.4, 0.5) is 0 Å². The third kappa shape index (κ3) is 2.14. The van der Waals surface area contributed by atoms with E-state index in [2.05, 4.69) is 12.2 Å². The summed E-state index contributed by atoms with van der Waals surface area (Å²) in [5.41, 5.74) is 1.12. The molecular formula is C16H20N2O2. The first-order chi connectivity index (χ1) is 9.72. The Morgan fingerprint density at radius 2 is 1.60 bits per heavy atom. The summed E-state index contributed by atoms with van der Waals surface area (Å²) in [5, 5.41) is 3.45. The largest absolute Gasteiger partial charge is 0.314 e. The number of fused-ring (bicyclic) bond motifs is 1. The number of rotatable bonds is 3. The Morgan fingerprint density at radius 1 is 1.05 bits per heavy atom. The number of nitrogens with one attached hydrogen (secondary N) is 1. The molecule has 4 nitrogen and oxygen atoms in total. The fraction of sp³-hybridized carbons (Fsp3) is 0.500. The molecule has 1 aliphatic carbocycles. The van der Waals surface area contributed by atoms with Crippen molar-refractivity contribution >= 4 is 11.8 Å². The Labute approximate surface area is 119 Å². The fourth-order valence-electron chi connectivity index (χ4n) is 3.37. The molecule has 0 saturated heterocycles. The minimum absolute atomic E-state index is 0.0670. The second kappa shape index (κ2) is 5.37. The first kappa shape index (κ1) is 13.3. The van der Waals surface area contributed by atoms with E-state index in [-0.39, 0.29) is 17.9 Å². The van der Waals surface area contributed by atoms with Crippen molar-refractivity contribution in [1.82, 2.24) is 10.2 Å². The second-order valence-electron chi connectivity index (χ2n) is 5.59. The van der Waals surface area contributed by atoms with Crippen LogP contribution in [-0.2, 0) is 0 Å². The van der Waals surface area contributed by atoms with E-state index in [1.54, 1.807) is 12.1 Å². The number of hydrogen-bond acceptors (Lipinski definition) is 3. The third-order valence-electron chi connectivity index (χ3n) is 4.38. The zero-order valence-electron chi connectivity index (χ0n) is 11.8. The average Bonchev–Trinajstić information content (AvgIpc) is 2.73. The van der Waals surface area contributed by atoms with Crippen molar-refractivity contribution in [2.75, 3.05) is 6.54 Å². The maximum Gasteiger partial charge on any atom is 0.261 e. The minimum atomic E-state index is -0.113. The normalized spacial score (nSPS) is 25.9. The molecule has 0 spiro atoms. The molecule has 0 bridgehead atoms. The number of hydrogen-bond donors (Lipinski definition) is 1. The molecule has 3 rings (SSSR count). The summed E-state index contributed by atoms with van der Waals surface area (Å²) in [7, 11) is 0. The van der Waals surface area contributed by atoms with Crippen molar-refractivity contribution in [3.05, 3.63) is 35.4 Å². The molecular weight excluding hydrogens is 252 g/mol. The lowest BCUT2D eigenvalue weighted by Gasteiger charge is -2.33. The molecule has 1 saturated carbocycles. The molecule has 1 N–H and O–H groups in total. The second-order valence-corrected chi connectivity index (χ2v) is 5.59. The lowest BCUT2D eigenvalue weighted by molar-refractivity contribution is 0.0538. The van der Waals surface area contributed by atoms with Gasteiger partial charge in [0.05, 0.1) is 11.1 Å². The molecule has 1 aliphatic heterocycles. The summed E-state index contributed by atoms with van der Waals surface area (Å²) in [6, 6.07) is 7.73. The van der Waals surface area contributed by atoms with Crippen LogP contribution in [0.2, 0.25) is 0 Å². The van der Waals surface area contributed by atoms with Crippen LogP contribution in [0.15, 0.2) is 24.3 Å². The van der Waals surface area contributed by atoms with Crippen molar-refractivity contribution in [1.29, 1.82) is 0 Å². The van der Waals surface area contributed by atoms with Gasteiger partial charge in [0.2, 0.25) is 0 Å².